The molecule has 0 unspecified atom stereocenters. The molecule has 0 saturated carbocycles. The SMILES string of the molecule is COc1cccc(-c2ncc3c(Cl)cccn23)c1. The van der Waals surface area contributed by atoms with Crippen molar-refractivity contribution in [3.8, 4) is 17.1 Å². The average Bonchev–Trinajstić information content (AvgIpc) is 2.84. The summed E-state index contributed by atoms with van der Waals surface area (Å²) in [5, 5.41) is 0.694. The predicted octanol–water partition coefficient (Wildman–Crippen LogP) is 3.66. The van der Waals surface area contributed by atoms with Gasteiger partial charge in [-0.2, -0.15) is 0 Å². The molecule has 0 bridgehead atoms. The van der Waals surface area contributed by atoms with Gasteiger partial charge < -0.3 is 4.74 Å². The number of methoxy groups -OCH3 is 1. The summed E-state index contributed by atoms with van der Waals surface area (Å²) in [6.07, 6.45) is 3.72. The molecular formula is C14H11ClN2O. The molecule has 0 amide bonds. The van der Waals surface area contributed by atoms with Crippen molar-refractivity contribution in [3.63, 3.8) is 0 Å². The maximum absolute atomic E-state index is 6.13. The summed E-state index contributed by atoms with van der Waals surface area (Å²) in [4.78, 5) is 4.42. The summed E-state index contributed by atoms with van der Waals surface area (Å²) in [7, 11) is 1.65. The minimum Gasteiger partial charge on any atom is -0.497 e. The molecule has 0 fully saturated rings. The van der Waals surface area contributed by atoms with Gasteiger partial charge in [-0.1, -0.05) is 23.7 Å². The van der Waals surface area contributed by atoms with Crippen LogP contribution in [0, 0.1) is 0 Å². The minimum atomic E-state index is 0.694. The molecule has 0 N–H and O–H groups in total. The second kappa shape index (κ2) is 4.35. The third-order valence-corrected chi connectivity index (χ3v) is 3.17. The Kier molecular flexibility index (Phi) is 2.68. The van der Waals surface area contributed by atoms with E-state index in [0.717, 1.165) is 22.7 Å². The first-order valence-electron chi connectivity index (χ1n) is 5.55. The summed E-state index contributed by atoms with van der Waals surface area (Å²) >= 11 is 6.13. The van der Waals surface area contributed by atoms with Crippen LogP contribution in [0.15, 0.2) is 48.8 Å². The number of ether oxygens (including phenoxy) is 1. The third kappa shape index (κ3) is 1.73. The zero-order valence-electron chi connectivity index (χ0n) is 9.80. The molecule has 0 atom stereocenters. The molecule has 90 valence electrons. The molecule has 0 saturated heterocycles. The Hall–Kier alpha value is -2.00. The van der Waals surface area contributed by atoms with Crippen molar-refractivity contribution in [3.05, 3.63) is 53.8 Å². The normalized spacial score (nSPS) is 10.8. The maximum Gasteiger partial charge on any atom is 0.144 e. The highest BCUT2D eigenvalue weighted by Gasteiger charge is 2.08. The number of halogens is 1. The fourth-order valence-electron chi connectivity index (χ4n) is 1.96. The van der Waals surface area contributed by atoms with Crippen LogP contribution in [0.2, 0.25) is 5.02 Å². The molecule has 3 aromatic rings. The van der Waals surface area contributed by atoms with Gasteiger partial charge in [0.2, 0.25) is 0 Å². The van der Waals surface area contributed by atoms with Gasteiger partial charge in [0.05, 0.1) is 23.8 Å². The quantitative estimate of drug-likeness (QED) is 0.701. The van der Waals surface area contributed by atoms with Gasteiger partial charge in [-0.15, -0.1) is 0 Å². The van der Waals surface area contributed by atoms with Crippen LogP contribution in [0.5, 0.6) is 5.75 Å². The van der Waals surface area contributed by atoms with Crippen LogP contribution in [0.4, 0.5) is 0 Å². The van der Waals surface area contributed by atoms with Gasteiger partial charge in [-0.25, -0.2) is 4.98 Å². The van der Waals surface area contributed by atoms with Crippen LogP contribution in [-0.4, -0.2) is 16.5 Å². The van der Waals surface area contributed by atoms with Crippen molar-refractivity contribution in [2.45, 2.75) is 0 Å². The lowest BCUT2D eigenvalue weighted by atomic mass is 10.2. The number of imidazole rings is 1. The first-order valence-corrected chi connectivity index (χ1v) is 5.93. The number of pyridine rings is 1. The van der Waals surface area contributed by atoms with E-state index in [2.05, 4.69) is 4.98 Å². The molecule has 3 nitrogen and oxygen atoms in total. The topological polar surface area (TPSA) is 26.5 Å². The van der Waals surface area contributed by atoms with Crippen LogP contribution in [0.25, 0.3) is 16.9 Å². The number of benzene rings is 1. The first-order chi connectivity index (χ1) is 8.79. The van der Waals surface area contributed by atoms with E-state index in [9.17, 15) is 0 Å². The lowest BCUT2D eigenvalue weighted by Gasteiger charge is -2.04. The van der Waals surface area contributed by atoms with Gasteiger partial charge in [-0.3, -0.25) is 4.40 Å². The van der Waals surface area contributed by atoms with E-state index in [1.165, 1.54) is 0 Å². The van der Waals surface area contributed by atoms with E-state index in [-0.39, 0.29) is 0 Å². The van der Waals surface area contributed by atoms with E-state index < -0.39 is 0 Å². The molecule has 0 spiro atoms. The van der Waals surface area contributed by atoms with Gasteiger partial charge in [0.25, 0.3) is 0 Å². The molecular weight excluding hydrogens is 248 g/mol. The monoisotopic (exact) mass is 258 g/mol. The van der Waals surface area contributed by atoms with Crippen molar-refractivity contribution in [1.82, 2.24) is 9.38 Å². The van der Waals surface area contributed by atoms with Gasteiger partial charge in [0, 0.05) is 11.8 Å². The summed E-state index contributed by atoms with van der Waals surface area (Å²) in [5.74, 6) is 1.66. The number of aromatic nitrogens is 2. The minimum absolute atomic E-state index is 0.694. The Morgan fingerprint density at radius 3 is 2.94 bits per heavy atom. The molecule has 0 aliphatic carbocycles. The molecule has 18 heavy (non-hydrogen) atoms. The molecule has 2 aromatic heterocycles. The highest BCUT2D eigenvalue weighted by atomic mass is 35.5. The van der Waals surface area contributed by atoms with E-state index in [0.29, 0.717) is 5.02 Å². The third-order valence-electron chi connectivity index (χ3n) is 2.85. The van der Waals surface area contributed by atoms with Crippen LogP contribution >= 0.6 is 11.6 Å². The molecule has 0 aliphatic rings. The second-order valence-electron chi connectivity index (χ2n) is 3.93. The number of hydrogen-bond acceptors (Lipinski definition) is 2. The number of hydrogen-bond donors (Lipinski definition) is 0. The van der Waals surface area contributed by atoms with Crippen LogP contribution < -0.4 is 4.74 Å². The largest absolute Gasteiger partial charge is 0.497 e. The van der Waals surface area contributed by atoms with E-state index in [1.54, 1.807) is 13.3 Å². The zero-order valence-corrected chi connectivity index (χ0v) is 10.6. The predicted molar refractivity (Wildman–Crippen MR) is 72.2 cm³/mol. The highest BCUT2D eigenvalue weighted by molar-refractivity contribution is 6.33. The number of fused-ring (bicyclic) bond motifs is 1. The van der Waals surface area contributed by atoms with Gasteiger partial charge in [0.1, 0.15) is 11.6 Å². The molecule has 1 aromatic carbocycles. The zero-order chi connectivity index (χ0) is 12.5. The summed E-state index contributed by atoms with van der Waals surface area (Å²) in [6, 6.07) is 11.6. The van der Waals surface area contributed by atoms with Crippen LogP contribution in [0.3, 0.4) is 0 Å². The molecule has 2 heterocycles. The highest BCUT2D eigenvalue weighted by Crippen LogP contribution is 2.26. The Morgan fingerprint density at radius 2 is 2.11 bits per heavy atom. The Labute approximate surface area is 110 Å². The average molecular weight is 259 g/mol. The van der Waals surface area contributed by atoms with Gasteiger partial charge in [-0.05, 0) is 24.3 Å². The van der Waals surface area contributed by atoms with Gasteiger partial charge >= 0.3 is 0 Å². The van der Waals surface area contributed by atoms with Gasteiger partial charge in [0.15, 0.2) is 0 Å². The lowest BCUT2D eigenvalue weighted by molar-refractivity contribution is 0.415. The fraction of sp³-hybridized carbons (Fsp3) is 0.0714. The molecule has 0 radical (unpaired) electrons. The Balaban J connectivity index is 2.22. The van der Waals surface area contributed by atoms with Crippen molar-refractivity contribution in [2.75, 3.05) is 7.11 Å². The van der Waals surface area contributed by atoms with E-state index in [1.807, 2.05) is 47.0 Å². The van der Waals surface area contributed by atoms with Crippen LogP contribution in [-0.2, 0) is 0 Å². The van der Waals surface area contributed by atoms with Crippen LogP contribution in [0.1, 0.15) is 0 Å². The van der Waals surface area contributed by atoms with E-state index in [4.69, 9.17) is 16.3 Å². The lowest BCUT2D eigenvalue weighted by Crippen LogP contribution is -1.90. The first kappa shape index (κ1) is 11.1. The Bertz CT molecular complexity index is 706. The fourth-order valence-corrected chi connectivity index (χ4v) is 2.18. The second-order valence-corrected chi connectivity index (χ2v) is 4.33. The summed E-state index contributed by atoms with van der Waals surface area (Å²) in [6.45, 7) is 0. The van der Waals surface area contributed by atoms with Crippen molar-refractivity contribution < 1.29 is 4.74 Å². The molecule has 3 rings (SSSR count). The number of nitrogens with zero attached hydrogens (tertiary/aromatic N) is 2. The van der Waals surface area contributed by atoms with Crippen molar-refractivity contribution in [1.29, 1.82) is 0 Å². The Morgan fingerprint density at radius 1 is 1.22 bits per heavy atom. The summed E-state index contributed by atoms with van der Waals surface area (Å²) in [5.41, 5.74) is 1.90. The smallest absolute Gasteiger partial charge is 0.144 e. The molecule has 4 heteroatoms. The van der Waals surface area contributed by atoms with Crippen molar-refractivity contribution >= 4 is 17.1 Å². The van der Waals surface area contributed by atoms with Crippen molar-refractivity contribution in [2.24, 2.45) is 0 Å². The molecule has 0 aliphatic heterocycles. The number of rotatable bonds is 2. The summed E-state index contributed by atoms with van der Waals surface area (Å²) < 4.78 is 7.19. The van der Waals surface area contributed by atoms with E-state index >= 15 is 0 Å². The maximum atomic E-state index is 6.13. The standard InChI is InChI=1S/C14H11ClN2O/c1-18-11-5-2-4-10(8-11)14-16-9-13-12(15)6-3-7-17(13)14/h2-9H,1H3.